The molecule has 1 fully saturated rings. The van der Waals surface area contributed by atoms with E-state index < -0.39 is 0 Å². The highest BCUT2D eigenvalue weighted by Crippen LogP contribution is 2.36. The maximum Gasteiger partial charge on any atom is 0.227 e. The lowest BCUT2D eigenvalue weighted by Gasteiger charge is -2.24. The average molecular weight is 236 g/mol. The normalized spacial score (nSPS) is 28.6. The van der Waals surface area contributed by atoms with Gasteiger partial charge >= 0.3 is 0 Å². The Kier molecular flexibility index (Phi) is 2.40. The van der Waals surface area contributed by atoms with Crippen molar-refractivity contribution in [3.05, 3.63) is 29.8 Å². The van der Waals surface area contributed by atoms with Gasteiger partial charge in [-0.25, -0.2) is 0 Å². The number of carbonyl (C=O) groups is 1. The van der Waals surface area contributed by atoms with Gasteiger partial charge in [-0.3, -0.25) is 4.79 Å². The van der Waals surface area contributed by atoms with Gasteiger partial charge in [0.05, 0.1) is 0 Å². The lowest BCUT2D eigenvalue weighted by Crippen LogP contribution is -2.33. The molecule has 1 aromatic rings. The van der Waals surface area contributed by atoms with E-state index >= 15 is 0 Å². The molecule has 0 saturated carbocycles. The Labute approximate surface area is 100 Å². The summed E-state index contributed by atoms with van der Waals surface area (Å²) in [6.45, 7) is 0. The number of carbonyl (C=O) groups excluding carboxylic acids is 1. The van der Waals surface area contributed by atoms with E-state index in [1.807, 2.05) is 23.1 Å². The molecule has 2 atom stereocenters. The summed E-state index contributed by atoms with van der Waals surface area (Å²) in [6.07, 6.45) is 3.42. The van der Waals surface area contributed by atoms with Crippen LogP contribution in [0.3, 0.4) is 0 Å². The maximum atomic E-state index is 11.9. The minimum atomic E-state index is 0.155. The summed E-state index contributed by atoms with van der Waals surface area (Å²) in [5.41, 5.74) is 2.29. The van der Waals surface area contributed by atoms with Crippen LogP contribution in [0, 0.1) is 0 Å². The summed E-state index contributed by atoms with van der Waals surface area (Å²) >= 11 is 6.33. The lowest BCUT2D eigenvalue weighted by atomic mass is 10.1. The summed E-state index contributed by atoms with van der Waals surface area (Å²) in [4.78, 5) is 13.9. The van der Waals surface area contributed by atoms with E-state index in [0.29, 0.717) is 12.5 Å². The molecule has 0 N–H and O–H groups in total. The van der Waals surface area contributed by atoms with Crippen LogP contribution in [0.15, 0.2) is 24.3 Å². The number of amides is 1. The molecule has 16 heavy (non-hydrogen) atoms. The van der Waals surface area contributed by atoms with Crippen molar-refractivity contribution >= 4 is 23.2 Å². The Morgan fingerprint density at radius 2 is 2.12 bits per heavy atom. The van der Waals surface area contributed by atoms with Crippen LogP contribution >= 0.6 is 11.6 Å². The third-order valence-electron chi connectivity index (χ3n) is 3.55. The van der Waals surface area contributed by atoms with Crippen LogP contribution in [0.1, 0.15) is 24.8 Å². The lowest BCUT2D eigenvalue weighted by molar-refractivity contribution is -0.117. The van der Waals surface area contributed by atoms with Gasteiger partial charge in [-0.05, 0) is 30.9 Å². The second-order valence-corrected chi connectivity index (χ2v) is 5.24. The van der Waals surface area contributed by atoms with E-state index in [0.717, 1.165) is 24.9 Å². The number of fused-ring (bicyclic) bond motifs is 3. The first-order valence-corrected chi connectivity index (χ1v) is 6.23. The molecule has 0 aliphatic carbocycles. The molecule has 1 saturated heterocycles. The van der Waals surface area contributed by atoms with Gasteiger partial charge in [0.25, 0.3) is 0 Å². The number of hydrogen-bond acceptors (Lipinski definition) is 1. The molecule has 2 heterocycles. The molecule has 2 aliphatic heterocycles. The standard InChI is InChI=1S/C13H14ClNO/c14-10-7-9-3-1-2-4-12(9)15-11(8-10)5-6-13(15)16/h1-4,10-11H,5-8H2/t10-,11-/m1/s1. The van der Waals surface area contributed by atoms with Crippen LogP contribution in [-0.4, -0.2) is 17.3 Å². The largest absolute Gasteiger partial charge is 0.309 e. The molecular weight excluding hydrogens is 222 g/mol. The second kappa shape index (κ2) is 3.77. The molecule has 2 nitrogen and oxygen atoms in total. The molecule has 84 valence electrons. The molecule has 0 radical (unpaired) electrons. The van der Waals surface area contributed by atoms with Crippen LogP contribution in [0.4, 0.5) is 5.69 Å². The summed E-state index contributed by atoms with van der Waals surface area (Å²) in [5.74, 6) is 0.253. The first-order chi connectivity index (χ1) is 7.75. The molecule has 1 aromatic carbocycles. The molecule has 0 aromatic heterocycles. The first kappa shape index (κ1) is 10.2. The molecule has 0 unspecified atom stereocenters. The van der Waals surface area contributed by atoms with Gasteiger partial charge in [0.15, 0.2) is 0 Å². The smallest absolute Gasteiger partial charge is 0.227 e. The number of rotatable bonds is 0. The second-order valence-electron chi connectivity index (χ2n) is 4.62. The van der Waals surface area contributed by atoms with Gasteiger partial charge in [0.1, 0.15) is 0 Å². The highest BCUT2D eigenvalue weighted by molar-refractivity contribution is 6.21. The third kappa shape index (κ3) is 1.52. The Morgan fingerprint density at radius 3 is 3.00 bits per heavy atom. The van der Waals surface area contributed by atoms with Gasteiger partial charge in [-0.15, -0.1) is 11.6 Å². The van der Waals surface area contributed by atoms with Crippen LogP contribution in [0.2, 0.25) is 0 Å². The SMILES string of the molecule is O=C1CC[C@@H]2C[C@H](Cl)Cc3ccccc3N12. The molecule has 0 bridgehead atoms. The van der Waals surface area contributed by atoms with Crippen molar-refractivity contribution in [3.8, 4) is 0 Å². The number of para-hydroxylation sites is 1. The average Bonchev–Trinajstić information content (AvgIpc) is 2.55. The molecule has 2 aliphatic rings. The third-order valence-corrected chi connectivity index (χ3v) is 3.88. The summed E-state index contributed by atoms with van der Waals surface area (Å²) in [6, 6.07) is 8.46. The van der Waals surface area contributed by atoms with Gasteiger partial charge in [0, 0.05) is 23.5 Å². The number of halogens is 1. The van der Waals surface area contributed by atoms with Gasteiger partial charge in [-0.2, -0.15) is 0 Å². The number of benzene rings is 1. The van der Waals surface area contributed by atoms with Gasteiger partial charge in [-0.1, -0.05) is 18.2 Å². The molecule has 3 rings (SSSR count). The van der Waals surface area contributed by atoms with E-state index in [-0.39, 0.29) is 11.3 Å². The minimum absolute atomic E-state index is 0.155. The van der Waals surface area contributed by atoms with E-state index in [9.17, 15) is 4.79 Å². The predicted octanol–water partition coefficient (Wildman–Crippen LogP) is 2.74. The molecular formula is C13H14ClNO. The molecule has 1 amide bonds. The van der Waals surface area contributed by atoms with Crippen molar-refractivity contribution < 1.29 is 4.79 Å². The van der Waals surface area contributed by atoms with Crippen molar-refractivity contribution in [2.45, 2.75) is 37.1 Å². The van der Waals surface area contributed by atoms with Crippen molar-refractivity contribution in [1.29, 1.82) is 0 Å². The fourth-order valence-corrected chi connectivity index (χ4v) is 3.21. The summed E-state index contributed by atoms with van der Waals surface area (Å²) in [7, 11) is 0. The Bertz CT molecular complexity index is 432. The van der Waals surface area contributed by atoms with Crippen molar-refractivity contribution in [2.24, 2.45) is 0 Å². The number of nitrogens with zero attached hydrogens (tertiary/aromatic N) is 1. The quantitative estimate of drug-likeness (QED) is 0.634. The summed E-state index contributed by atoms with van der Waals surface area (Å²) in [5, 5.41) is 0.155. The van der Waals surface area contributed by atoms with Crippen molar-refractivity contribution in [2.75, 3.05) is 4.90 Å². The monoisotopic (exact) mass is 235 g/mol. The minimum Gasteiger partial charge on any atom is -0.309 e. The summed E-state index contributed by atoms with van der Waals surface area (Å²) < 4.78 is 0. The van der Waals surface area contributed by atoms with E-state index in [4.69, 9.17) is 11.6 Å². The Hall–Kier alpha value is -1.02. The van der Waals surface area contributed by atoms with E-state index in [2.05, 4.69) is 6.07 Å². The predicted molar refractivity (Wildman–Crippen MR) is 64.9 cm³/mol. The highest BCUT2D eigenvalue weighted by atomic mass is 35.5. The fraction of sp³-hybridized carbons (Fsp3) is 0.462. The number of alkyl halides is 1. The fourth-order valence-electron chi connectivity index (χ4n) is 2.83. The number of hydrogen-bond donors (Lipinski definition) is 0. The van der Waals surface area contributed by atoms with E-state index in [1.54, 1.807) is 0 Å². The Morgan fingerprint density at radius 1 is 1.31 bits per heavy atom. The van der Waals surface area contributed by atoms with Gasteiger partial charge < -0.3 is 4.90 Å². The topological polar surface area (TPSA) is 20.3 Å². The van der Waals surface area contributed by atoms with E-state index in [1.165, 1.54) is 5.56 Å². The highest BCUT2D eigenvalue weighted by Gasteiger charge is 2.36. The van der Waals surface area contributed by atoms with Crippen LogP contribution < -0.4 is 4.90 Å². The zero-order valence-electron chi connectivity index (χ0n) is 9.03. The molecule has 0 spiro atoms. The zero-order chi connectivity index (χ0) is 11.1. The first-order valence-electron chi connectivity index (χ1n) is 5.80. The molecule has 3 heteroatoms. The van der Waals surface area contributed by atoms with Gasteiger partial charge in [0.2, 0.25) is 5.91 Å². The maximum absolute atomic E-state index is 11.9. The van der Waals surface area contributed by atoms with Crippen molar-refractivity contribution in [3.63, 3.8) is 0 Å². The zero-order valence-corrected chi connectivity index (χ0v) is 9.78. The Balaban J connectivity index is 2.10. The number of anilines is 1. The van der Waals surface area contributed by atoms with Crippen LogP contribution in [-0.2, 0) is 11.2 Å². The van der Waals surface area contributed by atoms with Crippen LogP contribution in [0.5, 0.6) is 0 Å². The van der Waals surface area contributed by atoms with Crippen molar-refractivity contribution in [1.82, 2.24) is 0 Å². The van der Waals surface area contributed by atoms with Crippen LogP contribution in [0.25, 0.3) is 0 Å².